The molecule has 3 saturated carbocycles. The van der Waals surface area contributed by atoms with Crippen LogP contribution in [0.1, 0.15) is 84.6 Å². The van der Waals surface area contributed by atoms with E-state index in [2.05, 4.69) is 29.8 Å². The second-order valence-electron chi connectivity index (χ2n) is 15.7. The fourth-order valence-electron chi connectivity index (χ4n) is 8.10. The van der Waals surface area contributed by atoms with E-state index in [1.54, 1.807) is 29.2 Å². The highest BCUT2D eigenvalue weighted by Crippen LogP contribution is 2.65. The molecule has 4 aliphatic rings. The summed E-state index contributed by atoms with van der Waals surface area (Å²) in [6, 6.07) is 4.75. The highest BCUT2D eigenvalue weighted by atomic mass is 32.2. The first-order valence-corrected chi connectivity index (χ1v) is 19.7. The first-order chi connectivity index (χ1) is 23.1. The molecule has 4 unspecified atom stereocenters. The fourth-order valence-corrected chi connectivity index (χ4v) is 9.93. The minimum Gasteiger partial charge on any atom is -0.363 e. The monoisotopic (exact) mass is 699 g/mol. The van der Waals surface area contributed by atoms with Crippen molar-refractivity contribution in [2.24, 2.45) is 40.7 Å². The van der Waals surface area contributed by atoms with Crippen molar-refractivity contribution < 1.29 is 32.4 Å². The second kappa shape index (κ2) is 14.8. The molecule has 5 N–H and O–H groups in total. The van der Waals surface area contributed by atoms with Crippen LogP contribution in [0.3, 0.4) is 0 Å². The van der Waals surface area contributed by atoms with Crippen molar-refractivity contribution in [3.05, 3.63) is 35.9 Å². The van der Waals surface area contributed by atoms with Crippen LogP contribution in [0.25, 0.3) is 0 Å². The number of rotatable bonds is 15. The lowest BCUT2D eigenvalue weighted by molar-refractivity contribution is -0.144. The lowest BCUT2D eigenvalue weighted by atomic mass is 9.83. The van der Waals surface area contributed by atoms with Crippen LogP contribution in [-0.2, 0) is 34.8 Å². The third-order valence-corrected chi connectivity index (χ3v) is 13.0. The van der Waals surface area contributed by atoms with E-state index in [4.69, 9.17) is 5.73 Å². The summed E-state index contributed by atoms with van der Waals surface area (Å²) >= 11 is 0. The molecular weight excluding hydrogens is 646 g/mol. The predicted octanol–water partition coefficient (Wildman–Crippen LogP) is 2.70. The number of piperidine rings is 1. The number of benzene rings is 1. The zero-order valence-corrected chi connectivity index (χ0v) is 30.0. The van der Waals surface area contributed by atoms with Crippen molar-refractivity contribution in [2.45, 2.75) is 109 Å². The first-order valence-electron chi connectivity index (χ1n) is 17.8. The number of urea groups is 1. The van der Waals surface area contributed by atoms with Gasteiger partial charge < -0.3 is 26.6 Å². The molecule has 4 fully saturated rings. The van der Waals surface area contributed by atoms with Gasteiger partial charge in [-0.3, -0.25) is 19.2 Å². The van der Waals surface area contributed by atoms with Crippen molar-refractivity contribution in [3.63, 3.8) is 0 Å². The van der Waals surface area contributed by atoms with Crippen molar-refractivity contribution in [3.8, 4) is 0 Å². The maximum absolute atomic E-state index is 14.5. The van der Waals surface area contributed by atoms with Crippen molar-refractivity contribution in [1.82, 2.24) is 20.9 Å². The molecule has 3 aliphatic carbocycles. The number of nitrogens with one attached hydrogen (secondary N) is 3. The summed E-state index contributed by atoms with van der Waals surface area (Å²) in [5.41, 5.74) is 5.79. The molecule has 1 aliphatic heterocycles. The minimum atomic E-state index is -3.57. The molecule has 5 amide bonds. The van der Waals surface area contributed by atoms with E-state index < -0.39 is 57.6 Å². The Bertz CT molecular complexity index is 1520. The number of Topliss-reactive ketones (excluding diaryl/α,β-unsaturated/α-hetero) is 1. The van der Waals surface area contributed by atoms with Crippen LogP contribution >= 0.6 is 0 Å². The van der Waals surface area contributed by atoms with E-state index in [0.717, 1.165) is 44.9 Å². The Kier molecular flexibility index (Phi) is 11.1. The predicted molar refractivity (Wildman–Crippen MR) is 184 cm³/mol. The van der Waals surface area contributed by atoms with Gasteiger partial charge in [0.2, 0.25) is 17.6 Å². The molecule has 1 heterocycles. The smallest absolute Gasteiger partial charge is 0.315 e. The van der Waals surface area contributed by atoms with Gasteiger partial charge >= 0.3 is 6.03 Å². The average molecular weight is 700 g/mol. The van der Waals surface area contributed by atoms with Gasteiger partial charge in [-0.25, -0.2) is 13.2 Å². The number of hydrogen-bond acceptors (Lipinski definition) is 7. The van der Waals surface area contributed by atoms with Gasteiger partial charge in [-0.05, 0) is 59.8 Å². The molecule has 270 valence electrons. The van der Waals surface area contributed by atoms with Gasteiger partial charge in [0.1, 0.15) is 12.1 Å². The van der Waals surface area contributed by atoms with Gasteiger partial charge in [0.05, 0.1) is 17.5 Å². The average Bonchev–Trinajstić information content (AvgIpc) is 3.90. The van der Waals surface area contributed by atoms with E-state index in [1.807, 2.05) is 19.9 Å². The number of nitrogens with two attached hydrogens (primary N) is 1. The first kappa shape index (κ1) is 36.8. The van der Waals surface area contributed by atoms with Crippen LogP contribution < -0.4 is 21.7 Å². The number of ketones is 1. The number of carbonyl (C=O) groups is 5. The van der Waals surface area contributed by atoms with Gasteiger partial charge in [-0.15, -0.1) is 0 Å². The van der Waals surface area contributed by atoms with Gasteiger partial charge in [0.25, 0.3) is 5.91 Å². The maximum Gasteiger partial charge on any atom is 0.315 e. The zero-order valence-electron chi connectivity index (χ0n) is 29.2. The third kappa shape index (κ3) is 8.82. The van der Waals surface area contributed by atoms with Crippen molar-refractivity contribution in [2.75, 3.05) is 12.3 Å². The number of primary amides is 1. The Balaban J connectivity index is 1.32. The largest absolute Gasteiger partial charge is 0.363 e. The van der Waals surface area contributed by atoms with Crippen LogP contribution in [0.5, 0.6) is 0 Å². The van der Waals surface area contributed by atoms with Crippen LogP contribution in [0, 0.1) is 35.0 Å². The van der Waals surface area contributed by atoms with E-state index in [0.29, 0.717) is 18.5 Å². The van der Waals surface area contributed by atoms with Gasteiger partial charge in [-0.1, -0.05) is 90.1 Å². The lowest BCUT2D eigenvalue weighted by Crippen LogP contribution is -2.61. The Hall–Kier alpha value is -3.48. The number of amides is 5. The molecule has 1 saturated heterocycles. The van der Waals surface area contributed by atoms with Crippen LogP contribution in [0.2, 0.25) is 0 Å². The van der Waals surface area contributed by atoms with Crippen molar-refractivity contribution in [1.29, 1.82) is 0 Å². The summed E-state index contributed by atoms with van der Waals surface area (Å²) < 4.78 is 26.3. The summed E-state index contributed by atoms with van der Waals surface area (Å²) in [6.45, 7) is 8.14. The van der Waals surface area contributed by atoms with E-state index in [-0.39, 0.29) is 52.4 Å². The van der Waals surface area contributed by atoms with Gasteiger partial charge in [0.15, 0.2) is 9.84 Å². The number of nitrogens with zero attached hydrogens (tertiary/aromatic N) is 1. The summed E-state index contributed by atoms with van der Waals surface area (Å²) in [5, 5.41) is 8.56. The standard InChI is InChI=1S/C36H53N5O7S/c1-21(2)27(20-49(47,48)19-23-11-7-5-8-12-23)39-35(46)40-29(24-13-9-6-10-14-24)34(45)41-18-25-28(36(25,3)4)30(41)33(44)38-26(17-22-15-16-22)31(42)32(37)43/h5,7-8,11-12,21-22,24-30H,6,9-10,13-20H2,1-4H3,(H2,37,43)(H,38,44)(H2,39,40,46)/t25?,26?,27-,28?,29+,30?/m1/s1. The SMILES string of the molecule is CC(C)[C@@H](CS(=O)(=O)Cc1ccccc1)NC(=O)N[C@H](C(=O)N1CC2C(C1C(=O)NC(CC1CC1)C(=O)C(N)=O)C2(C)C)C1CCCCC1. The van der Waals surface area contributed by atoms with E-state index >= 15 is 0 Å². The third-order valence-electron chi connectivity index (χ3n) is 11.4. The topological polar surface area (TPSA) is 185 Å². The summed E-state index contributed by atoms with van der Waals surface area (Å²) in [5.74, 6) is -3.37. The zero-order chi connectivity index (χ0) is 35.7. The Labute approximate surface area is 290 Å². The van der Waals surface area contributed by atoms with E-state index in [9.17, 15) is 32.4 Å². The number of carbonyl (C=O) groups excluding carboxylic acids is 5. The molecular formula is C36H53N5O7S. The Morgan fingerprint density at radius 1 is 0.939 bits per heavy atom. The number of fused-ring (bicyclic) bond motifs is 1. The van der Waals surface area contributed by atoms with E-state index in [1.165, 1.54) is 0 Å². The molecule has 1 aromatic rings. The number of sulfone groups is 1. The number of likely N-dealkylation sites (tertiary alicyclic amines) is 1. The molecule has 0 radical (unpaired) electrons. The minimum absolute atomic E-state index is 0.0712. The second-order valence-corrected chi connectivity index (χ2v) is 17.9. The molecule has 12 nitrogen and oxygen atoms in total. The van der Waals surface area contributed by atoms with Gasteiger partial charge in [0, 0.05) is 12.6 Å². The molecule has 13 heteroatoms. The highest BCUT2D eigenvalue weighted by molar-refractivity contribution is 7.90. The molecule has 1 aromatic carbocycles. The fraction of sp³-hybridized carbons (Fsp3) is 0.694. The molecule has 0 aromatic heterocycles. The normalized spacial score (nSPS) is 25.1. The lowest BCUT2D eigenvalue weighted by Gasteiger charge is -2.37. The Morgan fingerprint density at radius 3 is 2.18 bits per heavy atom. The molecule has 49 heavy (non-hydrogen) atoms. The van der Waals surface area contributed by atoms with Crippen LogP contribution in [0.4, 0.5) is 4.79 Å². The Morgan fingerprint density at radius 2 is 1.59 bits per heavy atom. The summed E-state index contributed by atoms with van der Waals surface area (Å²) in [7, 11) is -3.57. The van der Waals surface area contributed by atoms with Crippen molar-refractivity contribution >= 4 is 39.4 Å². The molecule has 0 spiro atoms. The maximum atomic E-state index is 14.5. The number of hydrogen-bond donors (Lipinski definition) is 4. The molecule has 5 rings (SSSR count). The van der Waals surface area contributed by atoms with Gasteiger partial charge in [-0.2, -0.15) is 0 Å². The van der Waals surface area contributed by atoms with Crippen LogP contribution in [-0.4, -0.2) is 79.3 Å². The van der Waals surface area contributed by atoms with Crippen LogP contribution in [0.15, 0.2) is 30.3 Å². The molecule has 0 bridgehead atoms. The molecule has 6 atom stereocenters. The summed E-state index contributed by atoms with van der Waals surface area (Å²) in [6.07, 6.45) is 6.46. The summed E-state index contributed by atoms with van der Waals surface area (Å²) in [4.78, 5) is 68.1. The quantitative estimate of drug-likeness (QED) is 0.203. The highest BCUT2D eigenvalue weighted by Gasteiger charge is 2.69.